The van der Waals surface area contributed by atoms with E-state index in [0.717, 1.165) is 16.8 Å². The molecule has 0 aliphatic rings. The number of benzene rings is 1. The molecular weight excluding hydrogens is 373 g/mol. The van der Waals surface area contributed by atoms with Gasteiger partial charge in [-0.1, -0.05) is 19.1 Å². The molecule has 1 aromatic carbocycles. The molecule has 0 radical (unpaired) electrons. The Morgan fingerprint density at radius 2 is 1.97 bits per heavy atom. The molecule has 0 aliphatic carbocycles. The third kappa shape index (κ3) is 2.62. The number of halogens is 1. The first-order chi connectivity index (χ1) is 14.1. The Balaban J connectivity index is 1.78. The van der Waals surface area contributed by atoms with Crippen LogP contribution >= 0.6 is 0 Å². The number of aryl methyl sites for hydroxylation is 2. The zero-order chi connectivity index (χ0) is 20.1. The molecule has 144 valence electrons. The Morgan fingerprint density at radius 3 is 2.66 bits per heavy atom. The van der Waals surface area contributed by atoms with Gasteiger partial charge in [0.1, 0.15) is 11.6 Å². The summed E-state index contributed by atoms with van der Waals surface area (Å²) in [4.78, 5) is 21.7. The fourth-order valence-corrected chi connectivity index (χ4v) is 3.47. The number of hydrogen-bond donors (Lipinski definition) is 1. The SMILES string of the molecule is CCc1nn2c(ncc3c(=O)n(-c4n[nH]c(C)n4)ccc32)c1-c1ccc(F)cc1. The summed E-state index contributed by atoms with van der Waals surface area (Å²) >= 11 is 0. The van der Waals surface area contributed by atoms with Crippen molar-refractivity contribution in [2.45, 2.75) is 20.3 Å². The van der Waals surface area contributed by atoms with Gasteiger partial charge in [0.25, 0.3) is 11.5 Å². The number of pyridine rings is 1. The van der Waals surface area contributed by atoms with E-state index < -0.39 is 0 Å². The van der Waals surface area contributed by atoms with E-state index in [0.29, 0.717) is 28.8 Å². The summed E-state index contributed by atoms with van der Waals surface area (Å²) in [6.07, 6.45) is 3.83. The van der Waals surface area contributed by atoms with Crippen LogP contribution in [0.1, 0.15) is 18.4 Å². The van der Waals surface area contributed by atoms with Crippen LogP contribution in [0, 0.1) is 12.7 Å². The fourth-order valence-electron chi connectivity index (χ4n) is 3.47. The molecule has 1 N–H and O–H groups in total. The summed E-state index contributed by atoms with van der Waals surface area (Å²) in [5, 5.41) is 11.9. The second kappa shape index (κ2) is 6.33. The Labute approximate surface area is 163 Å². The van der Waals surface area contributed by atoms with E-state index in [9.17, 15) is 9.18 Å². The van der Waals surface area contributed by atoms with Crippen molar-refractivity contribution in [2.75, 3.05) is 0 Å². The third-order valence-corrected chi connectivity index (χ3v) is 4.85. The number of H-pyrrole nitrogens is 1. The van der Waals surface area contributed by atoms with Crippen LogP contribution in [0.3, 0.4) is 0 Å². The smallest absolute Gasteiger partial charge is 0.268 e. The molecule has 29 heavy (non-hydrogen) atoms. The van der Waals surface area contributed by atoms with Crippen molar-refractivity contribution in [1.29, 1.82) is 0 Å². The molecule has 0 bridgehead atoms. The van der Waals surface area contributed by atoms with E-state index in [1.165, 1.54) is 22.9 Å². The molecular formula is C20H16FN7O. The van der Waals surface area contributed by atoms with Crippen LogP contribution in [0.25, 0.3) is 33.6 Å². The topological polar surface area (TPSA) is 93.8 Å². The first kappa shape index (κ1) is 17.2. The lowest BCUT2D eigenvalue weighted by atomic mass is 10.0. The highest BCUT2D eigenvalue weighted by Gasteiger charge is 2.18. The maximum Gasteiger partial charge on any atom is 0.268 e. The zero-order valence-electron chi connectivity index (χ0n) is 15.7. The first-order valence-electron chi connectivity index (χ1n) is 9.14. The van der Waals surface area contributed by atoms with Crippen LogP contribution in [0.15, 0.2) is 47.5 Å². The molecule has 0 saturated carbocycles. The van der Waals surface area contributed by atoms with Crippen LogP contribution in [-0.2, 0) is 6.42 Å². The number of aromatic nitrogens is 7. The van der Waals surface area contributed by atoms with Crippen molar-refractivity contribution >= 4 is 16.6 Å². The highest BCUT2D eigenvalue weighted by atomic mass is 19.1. The highest BCUT2D eigenvalue weighted by Crippen LogP contribution is 2.29. The predicted octanol–water partition coefficient (Wildman–Crippen LogP) is 2.83. The summed E-state index contributed by atoms with van der Waals surface area (Å²) in [5.74, 6) is 0.588. The van der Waals surface area contributed by atoms with Gasteiger partial charge in [-0.25, -0.2) is 18.5 Å². The highest BCUT2D eigenvalue weighted by molar-refractivity contribution is 5.86. The van der Waals surface area contributed by atoms with E-state index in [4.69, 9.17) is 0 Å². The molecule has 4 aromatic heterocycles. The number of rotatable bonds is 3. The molecule has 0 fully saturated rings. The van der Waals surface area contributed by atoms with Crippen LogP contribution in [0.2, 0.25) is 0 Å². The van der Waals surface area contributed by atoms with Gasteiger partial charge in [0.2, 0.25) is 0 Å². The van der Waals surface area contributed by atoms with Crippen molar-refractivity contribution in [1.82, 2.24) is 34.3 Å². The molecule has 5 rings (SSSR count). The van der Waals surface area contributed by atoms with Gasteiger partial charge in [0.05, 0.1) is 16.6 Å². The Morgan fingerprint density at radius 1 is 1.17 bits per heavy atom. The van der Waals surface area contributed by atoms with E-state index in [1.54, 1.807) is 35.8 Å². The van der Waals surface area contributed by atoms with Crippen molar-refractivity contribution in [3.63, 3.8) is 0 Å². The van der Waals surface area contributed by atoms with E-state index in [1.807, 2.05) is 6.92 Å². The molecule has 5 aromatic rings. The lowest BCUT2D eigenvalue weighted by Crippen LogP contribution is -2.20. The summed E-state index contributed by atoms with van der Waals surface area (Å²) in [6, 6.07) is 8.04. The molecule has 4 heterocycles. The molecule has 8 nitrogen and oxygen atoms in total. The number of nitrogens with zero attached hydrogens (tertiary/aromatic N) is 6. The summed E-state index contributed by atoms with van der Waals surface area (Å²) in [7, 11) is 0. The molecule has 0 saturated heterocycles. The van der Waals surface area contributed by atoms with E-state index in [2.05, 4.69) is 25.3 Å². The maximum absolute atomic E-state index is 13.4. The normalized spacial score (nSPS) is 11.6. The second-order valence-corrected chi connectivity index (χ2v) is 6.69. The summed E-state index contributed by atoms with van der Waals surface area (Å²) in [5.41, 5.74) is 3.45. The van der Waals surface area contributed by atoms with Gasteiger partial charge in [0, 0.05) is 18.0 Å². The minimum absolute atomic E-state index is 0.274. The van der Waals surface area contributed by atoms with Gasteiger partial charge in [-0.2, -0.15) is 10.1 Å². The Hall–Kier alpha value is -3.88. The van der Waals surface area contributed by atoms with Gasteiger partial charge in [-0.3, -0.25) is 9.89 Å². The van der Waals surface area contributed by atoms with Gasteiger partial charge < -0.3 is 0 Å². The van der Waals surface area contributed by atoms with Crippen molar-refractivity contribution in [2.24, 2.45) is 0 Å². The van der Waals surface area contributed by atoms with Crippen LogP contribution in [0.5, 0.6) is 0 Å². The Kier molecular flexibility index (Phi) is 3.76. The standard InChI is InChI=1S/C20H16FN7O/c1-3-15-17(12-4-6-13(21)7-5-12)18-22-10-14-16(28(18)26-15)8-9-27(19(14)29)20-23-11(2)24-25-20/h4-10H,3H2,1-2H3,(H,23,24,25). The number of hydrogen-bond acceptors (Lipinski definition) is 5. The van der Waals surface area contributed by atoms with Gasteiger partial charge in [0.15, 0.2) is 5.65 Å². The van der Waals surface area contributed by atoms with Crippen molar-refractivity contribution < 1.29 is 4.39 Å². The molecule has 0 spiro atoms. The maximum atomic E-state index is 13.4. The zero-order valence-corrected chi connectivity index (χ0v) is 15.7. The van der Waals surface area contributed by atoms with E-state index >= 15 is 0 Å². The number of nitrogens with one attached hydrogen (secondary N) is 1. The third-order valence-electron chi connectivity index (χ3n) is 4.85. The monoisotopic (exact) mass is 389 g/mol. The molecule has 0 amide bonds. The second-order valence-electron chi connectivity index (χ2n) is 6.69. The molecule has 0 atom stereocenters. The van der Waals surface area contributed by atoms with Crippen LogP contribution in [0.4, 0.5) is 4.39 Å². The van der Waals surface area contributed by atoms with Gasteiger partial charge >= 0.3 is 0 Å². The average Bonchev–Trinajstić information content (AvgIpc) is 3.32. The fraction of sp³-hybridized carbons (Fsp3) is 0.150. The van der Waals surface area contributed by atoms with Crippen LogP contribution < -0.4 is 5.56 Å². The van der Waals surface area contributed by atoms with E-state index in [-0.39, 0.29) is 17.3 Å². The average molecular weight is 389 g/mol. The van der Waals surface area contributed by atoms with Crippen LogP contribution in [-0.4, -0.2) is 34.3 Å². The number of aromatic amines is 1. The lowest BCUT2D eigenvalue weighted by Gasteiger charge is -2.05. The first-order valence-corrected chi connectivity index (χ1v) is 9.14. The molecule has 0 unspecified atom stereocenters. The van der Waals surface area contributed by atoms with Crippen molar-refractivity contribution in [3.8, 4) is 17.1 Å². The quantitative estimate of drug-likeness (QED) is 0.512. The largest absolute Gasteiger partial charge is 0.268 e. The summed E-state index contributed by atoms with van der Waals surface area (Å²) < 4.78 is 16.4. The minimum Gasteiger partial charge on any atom is -0.268 e. The van der Waals surface area contributed by atoms with Gasteiger partial charge in [-0.05, 0) is 37.1 Å². The minimum atomic E-state index is -0.301. The van der Waals surface area contributed by atoms with Gasteiger partial charge in [-0.15, -0.1) is 5.10 Å². The summed E-state index contributed by atoms with van der Waals surface area (Å²) in [6.45, 7) is 3.76. The van der Waals surface area contributed by atoms with Crippen molar-refractivity contribution in [3.05, 3.63) is 70.4 Å². The number of fused-ring (bicyclic) bond motifs is 3. The molecule has 0 aliphatic heterocycles. The predicted molar refractivity (Wildman–Crippen MR) is 106 cm³/mol. The Bertz CT molecular complexity index is 1430. The lowest BCUT2D eigenvalue weighted by molar-refractivity contribution is 0.628. The molecule has 9 heteroatoms.